The molecule has 0 bridgehead atoms. The van der Waals surface area contributed by atoms with E-state index in [9.17, 15) is 0 Å². The highest BCUT2D eigenvalue weighted by Crippen LogP contribution is 2.34. The molecule has 1 aliphatic rings. The first-order chi connectivity index (χ1) is 11.3. The van der Waals surface area contributed by atoms with Crippen LogP contribution in [0.3, 0.4) is 0 Å². The van der Waals surface area contributed by atoms with Crippen molar-refractivity contribution in [3.05, 3.63) is 35.4 Å². The molecule has 2 rings (SSSR count). The maximum absolute atomic E-state index is 5.41. The van der Waals surface area contributed by atoms with Gasteiger partial charge in [-0.3, -0.25) is 0 Å². The number of hydrogen-bond acceptors (Lipinski definition) is 0. The molecule has 1 aromatic carbocycles. The minimum absolute atomic E-state index is 0.957. The standard InChI is InChI=1S/C23H34/c1-3-5-6-7-8-9-21-14-16-23(17-15-21)19-18-22-12-10-20(4-2)11-13-22/h2,10-13,21,23H,3,5-9,14-19H2,1H3. The predicted octanol–water partition coefficient (Wildman–Crippen LogP) is 6.77. The molecule has 0 heterocycles. The van der Waals surface area contributed by atoms with Crippen LogP contribution < -0.4 is 0 Å². The van der Waals surface area contributed by atoms with Gasteiger partial charge in [0.05, 0.1) is 0 Å². The number of rotatable bonds is 9. The maximum atomic E-state index is 5.41. The Balaban J connectivity index is 1.58. The average Bonchev–Trinajstić information content (AvgIpc) is 2.61. The Hall–Kier alpha value is -1.22. The van der Waals surface area contributed by atoms with Crippen LogP contribution in [0.2, 0.25) is 0 Å². The smallest absolute Gasteiger partial charge is 0.0242 e. The molecule has 0 N–H and O–H groups in total. The summed E-state index contributed by atoms with van der Waals surface area (Å²) in [5, 5.41) is 0. The molecule has 1 fully saturated rings. The normalized spacial score (nSPS) is 21.0. The Morgan fingerprint density at radius 3 is 2.09 bits per heavy atom. The molecule has 0 nitrogen and oxygen atoms in total. The lowest BCUT2D eigenvalue weighted by Crippen LogP contribution is -2.15. The first-order valence-corrected chi connectivity index (χ1v) is 9.87. The summed E-state index contributed by atoms with van der Waals surface area (Å²) in [5.41, 5.74) is 2.44. The summed E-state index contributed by atoms with van der Waals surface area (Å²) >= 11 is 0. The molecule has 0 unspecified atom stereocenters. The van der Waals surface area contributed by atoms with Crippen LogP contribution in [0.25, 0.3) is 0 Å². The second kappa shape index (κ2) is 10.5. The Kier molecular flexibility index (Phi) is 8.30. The summed E-state index contributed by atoms with van der Waals surface area (Å²) in [6.45, 7) is 2.30. The summed E-state index contributed by atoms with van der Waals surface area (Å²) in [7, 11) is 0. The minimum atomic E-state index is 0.957. The lowest BCUT2D eigenvalue weighted by Gasteiger charge is -2.28. The average molecular weight is 311 g/mol. The molecular formula is C23H34. The zero-order valence-corrected chi connectivity index (χ0v) is 15.0. The van der Waals surface area contributed by atoms with Gasteiger partial charge in [-0.15, -0.1) is 6.42 Å². The third kappa shape index (κ3) is 6.82. The van der Waals surface area contributed by atoms with Gasteiger partial charge in [0, 0.05) is 5.56 Å². The van der Waals surface area contributed by atoms with E-state index in [-0.39, 0.29) is 0 Å². The molecule has 0 saturated heterocycles. The van der Waals surface area contributed by atoms with Gasteiger partial charge < -0.3 is 0 Å². The van der Waals surface area contributed by atoms with Crippen molar-refractivity contribution in [2.45, 2.75) is 84.0 Å². The van der Waals surface area contributed by atoms with E-state index < -0.39 is 0 Å². The van der Waals surface area contributed by atoms with Crippen molar-refractivity contribution in [2.75, 3.05) is 0 Å². The summed E-state index contributed by atoms with van der Waals surface area (Å²) in [5.74, 6) is 4.68. The Morgan fingerprint density at radius 1 is 0.870 bits per heavy atom. The highest BCUT2D eigenvalue weighted by Gasteiger charge is 2.20. The molecule has 0 aromatic heterocycles. The van der Waals surface area contributed by atoms with E-state index in [4.69, 9.17) is 6.42 Å². The van der Waals surface area contributed by atoms with Crippen LogP contribution in [-0.2, 0) is 6.42 Å². The van der Waals surface area contributed by atoms with Gasteiger partial charge in [-0.25, -0.2) is 0 Å². The molecule has 0 amide bonds. The van der Waals surface area contributed by atoms with E-state index in [1.165, 1.54) is 82.6 Å². The van der Waals surface area contributed by atoms with E-state index in [1.807, 2.05) is 0 Å². The SMILES string of the molecule is C#Cc1ccc(CCC2CCC(CCCCCCC)CC2)cc1. The zero-order chi connectivity index (χ0) is 16.3. The van der Waals surface area contributed by atoms with Gasteiger partial charge in [0.25, 0.3) is 0 Å². The van der Waals surface area contributed by atoms with Crippen LogP contribution >= 0.6 is 0 Å². The fourth-order valence-electron chi connectivity index (χ4n) is 3.98. The van der Waals surface area contributed by atoms with Crippen LogP contribution in [-0.4, -0.2) is 0 Å². The summed E-state index contributed by atoms with van der Waals surface area (Å²) in [6, 6.07) is 8.56. The second-order valence-corrected chi connectivity index (χ2v) is 7.47. The molecule has 1 saturated carbocycles. The molecule has 0 heteroatoms. The van der Waals surface area contributed by atoms with Gasteiger partial charge in [0.15, 0.2) is 0 Å². The molecule has 1 aromatic rings. The summed E-state index contributed by atoms with van der Waals surface area (Å²) in [6.07, 6.45) is 22.5. The van der Waals surface area contributed by atoms with Crippen molar-refractivity contribution in [2.24, 2.45) is 11.8 Å². The third-order valence-electron chi connectivity index (χ3n) is 5.64. The van der Waals surface area contributed by atoms with Crippen LogP contribution in [0.5, 0.6) is 0 Å². The highest BCUT2D eigenvalue weighted by atomic mass is 14.3. The Labute approximate surface area is 144 Å². The van der Waals surface area contributed by atoms with E-state index in [0.717, 1.165) is 17.4 Å². The van der Waals surface area contributed by atoms with Gasteiger partial charge in [-0.2, -0.15) is 0 Å². The summed E-state index contributed by atoms with van der Waals surface area (Å²) in [4.78, 5) is 0. The van der Waals surface area contributed by atoms with Gasteiger partial charge in [0.2, 0.25) is 0 Å². The lowest BCUT2D eigenvalue weighted by molar-refractivity contribution is 0.248. The lowest BCUT2D eigenvalue weighted by atomic mass is 9.77. The minimum Gasteiger partial charge on any atom is -0.115 e. The zero-order valence-electron chi connectivity index (χ0n) is 15.0. The largest absolute Gasteiger partial charge is 0.115 e. The van der Waals surface area contributed by atoms with Gasteiger partial charge in [0.1, 0.15) is 0 Å². The fourth-order valence-corrected chi connectivity index (χ4v) is 3.98. The molecule has 0 spiro atoms. The van der Waals surface area contributed by atoms with Crippen LogP contribution in [0.15, 0.2) is 24.3 Å². The first-order valence-electron chi connectivity index (χ1n) is 9.87. The van der Waals surface area contributed by atoms with Crippen molar-refractivity contribution >= 4 is 0 Å². The monoisotopic (exact) mass is 310 g/mol. The van der Waals surface area contributed by atoms with Crippen LogP contribution in [0.4, 0.5) is 0 Å². The third-order valence-corrected chi connectivity index (χ3v) is 5.64. The Morgan fingerprint density at radius 2 is 1.48 bits per heavy atom. The van der Waals surface area contributed by atoms with Gasteiger partial charge in [-0.1, -0.05) is 89.2 Å². The number of benzene rings is 1. The first kappa shape index (κ1) is 18.1. The molecular weight excluding hydrogens is 276 g/mol. The summed E-state index contributed by atoms with van der Waals surface area (Å²) < 4.78 is 0. The van der Waals surface area contributed by atoms with Crippen LogP contribution in [0.1, 0.15) is 88.7 Å². The van der Waals surface area contributed by atoms with Crippen molar-refractivity contribution < 1.29 is 0 Å². The number of hydrogen-bond donors (Lipinski definition) is 0. The molecule has 0 atom stereocenters. The van der Waals surface area contributed by atoms with Crippen molar-refractivity contribution in [1.29, 1.82) is 0 Å². The molecule has 23 heavy (non-hydrogen) atoms. The predicted molar refractivity (Wildman–Crippen MR) is 102 cm³/mol. The fraction of sp³-hybridized carbons (Fsp3) is 0.652. The molecule has 0 radical (unpaired) electrons. The van der Waals surface area contributed by atoms with E-state index >= 15 is 0 Å². The molecule has 126 valence electrons. The second-order valence-electron chi connectivity index (χ2n) is 7.47. The van der Waals surface area contributed by atoms with Crippen molar-refractivity contribution in [1.82, 2.24) is 0 Å². The quantitative estimate of drug-likeness (QED) is 0.349. The van der Waals surface area contributed by atoms with E-state index in [0.29, 0.717) is 0 Å². The van der Waals surface area contributed by atoms with E-state index in [1.54, 1.807) is 0 Å². The van der Waals surface area contributed by atoms with Crippen molar-refractivity contribution in [3.8, 4) is 12.3 Å². The topological polar surface area (TPSA) is 0 Å². The van der Waals surface area contributed by atoms with Crippen LogP contribution in [0, 0.1) is 24.2 Å². The Bertz CT molecular complexity index is 454. The van der Waals surface area contributed by atoms with Gasteiger partial charge in [-0.05, 0) is 42.4 Å². The number of terminal acetylenes is 1. The number of unbranched alkanes of at least 4 members (excludes halogenated alkanes) is 4. The number of aryl methyl sites for hydroxylation is 1. The molecule has 1 aliphatic carbocycles. The maximum Gasteiger partial charge on any atom is 0.0242 e. The van der Waals surface area contributed by atoms with E-state index in [2.05, 4.69) is 37.1 Å². The van der Waals surface area contributed by atoms with Crippen molar-refractivity contribution in [3.63, 3.8) is 0 Å². The van der Waals surface area contributed by atoms with Gasteiger partial charge >= 0.3 is 0 Å². The molecule has 0 aliphatic heterocycles. The highest BCUT2D eigenvalue weighted by molar-refractivity contribution is 5.34.